The lowest BCUT2D eigenvalue weighted by Crippen LogP contribution is -2.32. The summed E-state index contributed by atoms with van der Waals surface area (Å²) < 4.78 is 0. The number of nitrogens with zero attached hydrogens (tertiary/aromatic N) is 2. The van der Waals surface area contributed by atoms with Crippen molar-refractivity contribution in [1.82, 2.24) is 9.97 Å². The summed E-state index contributed by atoms with van der Waals surface area (Å²) in [6, 6.07) is 74.4. The number of aromatic nitrogens is 2. The summed E-state index contributed by atoms with van der Waals surface area (Å²) in [6.07, 6.45) is 0. The molecule has 56 heavy (non-hydrogen) atoms. The molecule has 0 saturated heterocycles. The summed E-state index contributed by atoms with van der Waals surface area (Å²) in [5, 5.41) is 0. The lowest BCUT2D eigenvalue weighted by Gasteiger charge is -2.40. The molecule has 0 atom stereocenters. The number of rotatable bonds is 5. The molecule has 0 bridgehead atoms. The van der Waals surface area contributed by atoms with Crippen LogP contribution in [0.4, 0.5) is 0 Å². The molecule has 2 nitrogen and oxygen atoms in total. The molecule has 2 aliphatic rings. The van der Waals surface area contributed by atoms with Crippen LogP contribution in [0.15, 0.2) is 216 Å². The van der Waals surface area contributed by atoms with Crippen LogP contribution in [0.5, 0.6) is 0 Å². The van der Waals surface area contributed by atoms with E-state index in [9.17, 15) is 0 Å². The number of fused-ring (bicyclic) bond motifs is 9. The number of hydrogen-bond acceptors (Lipinski definition) is 3. The topological polar surface area (TPSA) is 25.8 Å². The molecule has 0 amide bonds. The van der Waals surface area contributed by atoms with Crippen LogP contribution in [0.25, 0.3) is 67.3 Å². The van der Waals surface area contributed by atoms with Gasteiger partial charge in [-0.2, -0.15) is 0 Å². The Kier molecular flexibility index (Phi) is 7.68. The molecular formula is C53H34N2S. The van der Waals surface area contributed by atoms with E-state index in [1.54, 1.807) is 0 Å². The van der Waals surface area contributed by atoms with Gasteiger partial charge < -0.3 is 0 Å². The van der Waals surface area contributed by atoms with Gasteiger partial charge in [-0.15, -0.1) is 0 Å². The van der Waals surface area contributed by atoms with Gasteiger partial charge in [-0.3, -0.25) is 0 Å². The Morgan fingerprint density at radius 3 is 1.54 bits per heavy atom. The van der Waals surface area contributed by atoms with Crippen molar-refractivity contribution in [2.75, 3.05) is 0 Å². The van der Waals surface area contributed by atoms with Crippen LogP contribution in [0.1, 0.15) is 22.3 Å². The zero-order valence-corrected chi connectivity index (χ0v) is 31.2. The maximum absolute atomic E-state index is 5.09. The summed E-state index contributed by atoms with van der Waals surface area (Å²) in [6.45, 7) is 0. The first kappa shape index (κ1) is 32.6. The smallest absolute Gasteiger partial charge is 0.160 e. The summed E-state index contributed by atoms with van der Waals surface area (Å²) in [5.74, 6) is 0.717. The number of benzene rings is 8. The minimum atomic E-state index is -0.386. The highest BCUT2D eigenvalue weighted by Gasteiger charge is 2.50. The van der Waals surface area contributed by atoms with E-state index in [2.05, 4.69) is 182 Å². The van der Waals surface area contributed by atoms with Gasteiger partial charge >= 0.3 is 0 Å². The van der Waals surface area contributed by atoms with Crippen molar-refractivity contribution in [1.29, 1.82) is 0 Å². The highest BCUT2D eigenvalue weighted by atomic mass is 32.2. The van der Waals surface area contributed by atoms with E-state index in [0.717, 1.165) is 45.0 Å². The molecule has 0 N–H and O–H groups in total. The molecule has 0 radical (unpaired) electrons. The third-order valence-electron chi connectivity index (χ3n) is 11.4. The van der Waals surface area contributed by atoms with E-state index in [1.165, 1.54) is 54.3 Å². The first-order valence-electron chi connectivity index (χ1n) is 19.1. The van der Waals surface area contributed by atoms with Gasteiger partial charge in [0.05, 0.1) is 16.8 Å². The Hall–Kier alpha value is -6.81. The largest absolute Gasteiger partial charge is 0.228 e. The van der Waals surface area contributed by atoms with E-state index < -0.39 is 0 Å². The normalized spacial score (nSPS) is 13.1. The molecule has 0 unspecified atom stereocenters. The fourth-order valence-corrected chi connectivity index (χ4v) is 10.2. The predicted octanol–water partition coefficient (Wildman–Crippen LogP) is 13.6. The van der Waals surface area contributed by atoms with E-state index >= 15 is 0 Å². The summed E-state index contributed by atoms with van der Waals surface area (Å²) >= 11 is 1.90. The van der Waals surface area contributed by atoms with Crippen molar-refractivity contribution >= 4 is 11.8 Å². The Labute approximate surface area is 331 Å². The number of hydrogen-bond donors (Lipinski definition) is 0. The van der Waals surface area contributed by atoms with Crippen LogP contribution in [0, 0.1) is 0 Å². The molecule has 2 heterocycles. The van der Waals surface area contributed by atoms with Crippen LogP contribution in [0.2, 0.25) is 0 Å². The standard InChI is InChI=1S/C53H34N2S/c1-3-15-37(16-4-1)48-34-49(55-52(54-48)38-17-5-2-6-18-38)40-20-13-19-39(33-40)35-29-31-36(32-30-35)41-23-14-27-47-51(41)56-50-28-12-11-26-46(50)53(47)44-24-9-7-21-42(44)43-22-8-10-25-45(43)53/h1-34H. The van der Waals surface area contributed by atoms with Crippen LogP contribution in [-0.2, 0) is 5.41 Å². The van der Waals surface area contributed by atoms with Gasteiger partial charge in [0, 0.05) is 26.5 Å². The fraction of sp³-hybridized carbons (Fsp3) is 0.0189. The minimum Gasteiger partial charge on any atom is -0.228 e. The van der Waals surface area contributed by atoms with E-state index in [0.29, 0.717) is 0 Å². The van der Waals surface area contributed by atoms with E-state index in [1.807, 2.05) is 36.0 Å². The van der Waals surface area contributed by atoms with Crippen molar-refractivity contribution in [2.24, 2.45) is 0 Å². The Morgan fingerprint density at radius 2 is 0.821 bits per heavy atom. The van der Waals surface area contributed by atoms with Gasteiger partial charge in [-0.25, -0.2) is 9.97 Å². The Bertz CT molecular complexity index is 2830. The maximum atomic E-state index is 5.09. The first-order chi connectivity index (χ1) is 27.8. The van der Waals surface area contributed by atoms with Gasteiger partial charge in [0.2, 0.25) is 0 Å². The SMILES string of the molecule is c1ccc(-c2cc(-c3cccc(-c4ccc(-c5cccc6c5Sc5ccccc5C65c6ccccc6-c6ccccc65)cc4)c3)nc(-c3ccccc3)n2)cc1. The zero-order valence-electron chi connectivity index (χ0n) is 30.4. The van der Waals surface area contributed by atoms with Gasteiger partial charge in [-0.05, 0) is 73.8 Å². The fourth-order valence-electron chi connectivity index (χ4n) is 8.87. The van der Waals surface area contributed by atoms with Crippen molar-refractivity contribution < 1.29 is 0 Å². The zero-order chi connectivity index (χ0) is 37.1. The van der Waals surface area contributed by atoms with Crippen molar-refractivity contribution in [3.63, 3.8) is 0 Å². The molecule has 11 rings (SSSR count). The molecule has 1 spiro atoms. The molecule has 8 aromatic carbocycles. The predicted molar refractivity (Wildman–Crippen MR) is 231 cm³/mol. The summed E-state index contributed by atoms with van der Waals surface area (Å²) in [7, 11) is 0. The third kappa shape index (κ3) is 5.12. The molecule has 1 aromatic heterocycles. The van der Waals surface area contributed by atoms with E-state index in [-0.39, 0.29) is 5.41 Å². The Morgan fingerprint density at radius 1 is 0.321 bits per heavy atom. The second-order valence-corrected chi connectivity index (χ2v) is 15.5. The highest BCUT2D eigenvalue weighted by Crippen LogP contribution is 2.63. The molecule has 262 valence electrons. The molecule has 1 aliphatic heterocycles. The highest BCUT2D eigenvalue weighted by molar-refractivity contribution is 7.99. The van der Waals surface area contributed by atoms with Crippen molar-refractivity contribution in [3.8, 4) is 67.3 Å². The van der Waals surface area contributed by atoms with Crippen molar-refractivity contribution in [2.45, 2.75) is 15.2 Å². The molecular weight excluding hydrogens is 697 g/mol. The molecule has 3 heteroatoms. The molecule has 0 saturated carbocycles. The maximum Gasteiger partial charge on any atom is 0.160 e. The van der Waals surface area contributed by atoms with Crippen LogP contribution < -0.4 is 0 Å². The van der Waals surface area contributed by atoms with Crippen LogP contribution >= 0.6 is 11.8 Å². The van der Waals surface area contributed by atoms with E-state index in [4.69, 9.17) is 9.97 Å². The average Bonchev–Trinajstić information content (AvgIpc) is 3.57. The summed E-state index contributed by atoms with van der Waals surface area (Å²) in [5.41, 5.74) is 17.4. The van der Waals surface area contributed by atoms with Gasteiger partial charge in [0.15, 0.2) is 5.82 Å². The lowest BCUT2D eigenvalue weighted by molar-refractivity contribution is 0.723. The minimum absolute atomic E-state index is 0.386. The molecule has 9 aromatic rings. The van der Waals surface area contributed by atoms with Crippen LogP contribution in [-0.4, -0.2) is 9.97 Å². The second-order valence-electron chi connectivity index (χ2n) is 14.5. The quantitative estimate of drug-likeness (QED) is 0.176. The molecule has 1 aliphatic carbocycles. The third-order valence-corrected chi connectivity index (χ3v) is 12.6. The Balaban J connectivity index is 1.000. The monoisotopic (exact) mass is 730 g/mol. The average molecular weight is 731 g/mol. The first-order valence-corrected chi connectivity index (χ1v) is 19.9. The van der Waals surface area contributed by atoms with Crippen molar-refractivity contribution in [3.05, 3.63) is 229 Å². The van der Waals surface area contributed by atoms with Gasteiger partial charge in [0.25, 0.3) is 0 Å². The summed E-state index contributed by atoms with van der Waals surface area (Å²) in [4.78, 5) is 12.7. The lowest BCUT2D eigenvalue weighted by atomic mass is 9.67. The molecule has 0 fully saturated rings. The van der Waals surface area contributed by atoms with Gasteiger partial charge in [0.1, 0.15) is 0 Å². The van der Waals surface area contributed by atoms with Gasteiger partial charge in [-0.1, -0.05) is 200 Å². The second kappa shape index (κ2) is 13.2. The van der Waals surface area contributed by atoms with Crippen LogP contribution in [0.3, 0.4) is 0 Å².